The first-order chi connectivity index (χ1) is 8.60. The summed E-state index contributed by atoms with van der Waals surface area (Å²) in [5.41, 5.74) is 2.89. The molecule has 0 bridgehead atoms. The van der Waals surface area contributed by atoms with Gasteiger partial charge in [0.2, 0.25) is 0 Å². The Labute approximate surface area is 117 Å². The molecule has 94 valence electrons. The third kappa shape index (κ3) is 2.90. The highest BCUT2D eigenvalue weighted by Crippen LogP contribution is 2.17. The van der Waals surface area contributed by atoms with Gasteiger partial charge in [-0.05, 0) is 34.1 Å². The minimum Gasteiger partial charge on any atom is -0.308 e. The van der Waals surface area contributed by atoms with Crippen molar-refractivity contribution in [1.29, 1.82) is 0 Å². The zero-order chi connectivity index (χ0) is 13.1. The Morgan fingerprint density at radius 1 is 1.39 bits per heavy atom. The molecule has 0 aliphatic rings. The molecule has 2 heterocycles. The van der Waals surface area contributed by atoms with Gasteiger partial charge in [0.15, 0.2) is 0 Å². The Balaban J connectivity index is 2.39. The largest absolute Gasteiger partial charge is 0.308 e. The predicted octanol–water partition coefficient (Wildman–Crippen LogP) is 1.99. The topological polar surface area (TPSA) is 72.9 Å². The molecule has 0 aliphatic heterocycles. The summed E-state index contributed by atoms with van der Waals surface area (Å²) >= 11 is 9.35. The molecule has 0 amide bonds. The van der Waals surface area contributed by atoms with Gasteiger partial charge in [-0.1, -0.05) is 11.6 Å². The molecule has 0 radical (unpaired) electrons. The summed E-state index contributed by atoms with van der Waals surface area (Å²) in [5, 5.41) is 0.487. The molecule has 18 heavy (non-hydrogen) atoms. The second-order valence-electron chi connectivity index (χ2n) is 3.58. The van der Waals surface area contributed by atoms with Crippen LogP contribution in [0.3, 0.4) is 0 Å². The van der Waals surface area contributed by atoms with Gasteiger partial charge in [0, 0.05) is 16.7 Å². The van der Waals surface area contributed by atoms with Crippen LogP contribution in [-0.2, 0) is 6.54 Å². The van der Waals surface area contributed by atoms with E-state index >= 15 is 0 Å². The number of hydrogen-bond acceptors (Lipinski definition) is 4. The zero-order valence-corrected chi connectivity index (χ0v) is 11.6. The summed E-state index contributed by atoms with van der Waals surface area (Å²) in [6.07, 6.45) is 1.68. The number of hydrazine groups is 1. The predicted molar refractivity (Wildman–Crippen MR) is 74.6 cm³/mol. The molecule has 3 N–H and O–H groups in total. The van der Waals surface area contributed by atoms with E-state index in [-0.39, 0.29) is 12.1 Å². The van der Waals surface area contributed by atoms with Crippen molar-refractivity contribution in [1.82, 2.24) is 9.55 Å². The molecule has 2 rings (SSSR count). The number of halogens is 2. The lowest BCUT2D eigenvalue weighted by Gasteiger charge is -2.08. The van der Waals surface area contributed by atoms with Crippen LogP contribution in [0.1, 0.15) is 5.69 Å². The molecule has 2 aromatic heterocycles. The van der Waals surface area contributed by atoms with Crippen LogP contribution in [-0.4, -0.2) is 9.55 Å². The van der Waals surface area contributed by atoms with Gasteiger partial charge in [-0.2, -0.15) is 0 Å². The SMILES string of the molecule is NNc1ccc(Cl)c(Cn2cc(Br)ccc2=O)n1. The molecule has 0 aliphatic carbocycles. The average molecular weight is 330 g/mol. The number of pyridine rings is 2. The van der Waals surface area contributed by atoms with Crippen molar-refractivity contribution >= 4 is 33.3 Å². The van der Waals surface area contributed by atoms with Gasteiger partial charge in [-0.25, -0.2) is 10.8 Å². The smallest absolute Gasteiger partial charge is 0.250 e. The third-order valence-corrected chi connectivity index (χ3v) is 3.15. The maximum absolute atomic E-state index is 11.7. The highest BCUT2D eigenvalue weighted by Gasteiger charge is 2.06. The Hall–Kier alpha value is -1.37. The van der Waals surface area contributed by atoms with Crippen molar-refractivity contribution in [2.45, 2.75) is 6.54 Å². The number of nitrogens with one attached hydrogen (secondary N) is 1. The first-order valence-corrected chi connectivity index (χ1v) is 6.25. The van der Waals surface area contributed by atoms with Gasteiger partial charge in [-0.3, -0.25) is 4.79 Å². The molecule has 0 fully saturated rings. The maximum Gasteiger partial charge on any atom is 0.250 e. The first kappa shape index (κ1) is 13.1. The lowest BCUT2D eigenvalue weighted by Crippen LogP contribution is -2.20. The second-order valence-corrected chi connectivity index (χ2v) is 4.91. The summed E-state index contributed by atoms with van der Waals surface area (Å²) in [7, 11) is 0. The van der Waals surface area contributed by atoms with Crippen molar-refractivity contribution < 1.29 is 0 Å². The monoisotopic (exact) mass is 328 g/mol. The quantitative estimate of drug-likeness (QED) is 0.667. The Bertz CT molecular complexity index is 629. The van der Waals surface area contributed by atoms with E-state index in [1.807, 2.05) is 0 Å². The van der Waals surface area contributed by atoms with Crippen LogP contribution < -0.4 is 16.8 Å². The molecular formula is C11H10BrClN4O. The Morgan fingerprint density at radius 2 is 2.17 bits per heavy atom. The van der Waals surface area contributed by atoms with Crippen LogP contribution in [0.2, 0.25) is 5.02 Å². The normalized spacial score (nSPS) is 10.4. The lowest BCUT2D eigenvalue weighted by atomic mass is 10.3. The number of aromatic nitrogens is 2. The van der Waals surface area contributed by atoms with Crippen LogP contribution in [0, 0.1) is 0 Å². The number of anilines is 1. The fraction of sp³-hybridized carbons (Fsp3) is 0.0909. The second kappa shape index (κ2) is 5.51. The van der Waals surface area contributed by atoms with Crippen molar-refractivity contribution in [3.8, 4) is 0 Å². The minimum absolute atomic E-state index is 0.123. The molecule has 0 atom stereocenters. The number of nitrogens with two attached hydrogens (primary N) is 1. The number of nitrogens with zero attached hydrogens (tertiary/aromatic N) is 2. The summed E-state index contributed by atoms with van der Waals surface area (Å²) < 4.78 is 2.32. The van der Waals surface area contributed by atoms with Crippen molar-refractivity contribution in [2.75, 3.05) is 5.43 Å². The van der Waals surface area contributed by atoms with E-state index in [0.717, 1.165) is 4.47 Å². The van der Waals surface area contributed by atoms with Crippen LogP contribution in [0.15, 0.2) is 39.7 Å². The van der Waals surface area contributed by atoms with E-state index in [9.17, 15) is 4.79 Å². The summed E-state index contributed by atoms with van der Waals surface area (Å²) in [5.74, 6) is 5.78. The molecule has 0 saturated carbocycles. The molecule has 0 unspecified atom stereocenters. The van der Waals surface area contributed by atoms with Crippen LogP contribution in [0.5, 0.6) is 0 Å². The molecule has 5 nitrogen and oxygen atoms in total. The Kier molecular flexibility index (Phi) is 4.00. The van der Waals surface area contributed by atoms with E-state index in [1.54, 1.807) is 24.4 Å². The number of rotatable bonds is 3. The van der Waals surface area contributed by atoms with E-state index < -0.39 is 0 Å². The molecular weight excluding hydrogens is 320 g/mol. The molecule has 7 heteroatoms. The van der Waals surface area contributed by atoms with Gasteiger partial charge in [0.25, 0.3) is 5.56 Å². The highest BCUT2D eigenvalue weighted by molar-refractivity contribution is 9.10. The zero-order valence-electron chi connectivity index (χ0n) is 9.23. The van der Waals surface area contributed by atoms with E-state index in [1.165, 1.54) is 10.6 Å². The molecule has 2 aromatic rings. The lowest BCUT2D eigenvalue weighted by molar-refractivity contribution is 0.737. The number of nitrogen functional groups attached to an aromatic ring is 1. The number of hydrogen-bond donors (Lipinski definition) is 2. The maximum atomic E-state index is 11.7. The van der Waals surface area contributed by atoms with Crippen LogP contribution in [0.25, 0.3) is 0 Å². The van der Waals surface area contributed by atoms with E-state index in [2.05, 4.69) is 26.3 Å². The minimum atomic E-state index is -0.123. The van der Waals surface area contributed by atoms with Gasteiger partial charge >= 0.3 is 0 Å². The standard InChI is InChI=1S/C11H10BrClN4O/c12-7-1-4-11(18)17(5-7)6-9-8(13)2-3-10(15-9)16-14/h1-5H,6,14H2,(H,15,16). The van der Waals surface area contributed by atoms with Crippen molar-refractivity contribution in [3.05, 3.63) is 56.0 Å². The summed E-state index contributed by atoms with van der Waals surface area (Å²) in [6.45, 7) is 0.284. The molecule has 0 aromatic carbocycles. The van der Waals surface area contributed by atoms with Crippen LogP contribution in [0.4, 0.5) is 5.82 Å². The van der Waals surface area contributed by atoms with Gasteiger partial charge in [-0.15, -0.1) is 0 Å². The van der Waals surface area contributed by atoms with E-state index in [0.29, 0.717) is 16.5 Å². The van der Waals surface area contributed by atoms with Crippen LogP contribution >= 0.6 is 27.5 Å². The third-order valence-electron chi connectivity index (χ3n) is 2.33. The first-order valence-electron chi connectivity index (χ1n) is 5.08. The van der Waals surface area contributed by atoms with Crippen molar-refractivity contribution in [3.63, 3.8) is 0 Å². The Morgan fingerprint density at radius 3 is 2.89 bits per heavy atom. The van der Waals surface area contributed by atoms with E-state index in [4.69, 9.17) is 17.4 Å². The molecule has 0 saturated heterocycles. The van der Waals surface area contributed by atoms with Crippen molar-refractivity contribution in [2.24, 2.45) is 5.84 Å². The van der Waals surface area contributed by atoms with Gasteiger partial charge in [0.1, 0.15) is 5.82 Å². The summed E-state index contributed by atoms with van der Waals surface area (Å²) in [4.78, 5) is 15.9. The average Bonchev–Trinajstić information content (AvgIpc) is 2.36. The summed E-state index contributed by atoms with van der Waals surface area (Å²) in [6, 6.07) is 6.51. The van der Waals surface area contributed by atoms with Gasteiger partial charge in [0.05, 0.1) is 17.3 Å². The van der Waals surface area contributed by atoms with Gasteiger partial charge < -0.3 is 9.99 Å². The fourth-order valence-electron chi connectivity index (χ4n) is 1.46. The highest BCUT2D eigenvalue weighted by atomic mass is 79.9. The molecule has 0 spiro atoms. The fourth-order valence-corrected chi connectivity index (χ4v) is 2.01.